The van der Waals surface area contributed by atoms with Gasteiger partial charge < -0.3 is 12.4 Å². The summed E-state index contributed by atoms with van der Waals surface area (Å²) >= 11 is 0. The van der Waals surface area contributed by atoms with Crippen LogP contribution in [0.5, 0.6) is 0 Å². The number of aliphatic imine (C=N–C) groups is 2. The Labute approximate surface area is 173 Å². The van der Waals surface area contributed by atoms with E-state index in [9.17, 15) is 0 Å². The highest BCUT2D eigenvalue weighted by Gasteiger charge is 2.46. The van der Waals surface area contributed by atoms with Crippen molar-refractivity contribution < 1.29 is 17.8 Å². The first-order chi connectivity index (χ1) is 11.6. The standard InChI is InChI=1S/C22H40N4.ClH/c1-19(2,3)15-11-13-16(14-12-15)25-26-18-17(20(4,5)6)23-22(10,24-18)21(7,8)9;/h15H,11-14H2,1-10H3,(H,24,26);1H. The van der Waals surface area contributed by atoms with Crippen LogP contribution in [0.4, 0.5) is 0 Å². The molecule has 0 bridgehead atoms. The van der Waals surface area contributed by atoms with Crippen molar-refractivity contribution in [3.8, 4) is 0 Å². The lowest BCUT2D eigenvalue weighted by atomic mass is 9.72. The lowest BCUT2D eigenvalue weighted by molar-refractivity contribution is -0.543. The number of hydrogen-bond donors (Lipinski definition) is 1. The maximum atomic E-state index is 5.06. The van der Waals surface area contributed by atoms with Gasteiger partial charge in [0.15, 0.2) is 5.66 Å². The molecule has 1 saturated carbocycles. The summed E-state index contributed by atoms with van der Waals surface area (Å²) < 4.78 is 0. The zero-order valence-electron chi connectivity index (χ0n) is 19.2. The van der Waals surface area contributed by atoms with Crippen molar-refractivity contribution in [1.82, 2.24) is 0 Å². The highest BCUT2D eigenvalue weighted by Crippen LogP contribution is 2.39. The molecule has 27 heavy (non-hydrogen) atoms. The normalized spacial score (nSPS) is 27.0. The Balaban J connectivity index is 0.00000364. The summed E-state index contributed by atoms with van der Waals surface area (Å²) in [6.07, 6.45) is 4.74. The topological polar surface area (TPSA) is 53.7 Å². The summed E-state index contributed by atoms with van der Waals surface area (Å²) in [6, 6.07) is 0. The van der Waals surface area contributed by atoms with E-state index in [1.54, 1.807) is 0 Å². The molecule has 2 N–H and O–H groups in total. The summed E-state index contributed by atoms with van der Waals surface area (Å²) in [5.41, 5.74) is 4.36. The van der Waals surface area contributed by atoms with Gasteiger partial charge in [0.2, 0.25) is 0 Å². The van der Waals surface area contributed by atoms with Crippen molar-refractivity contribution in [1.29, 1.82) is 0 Å². The first kappa shape index (κ1) is 24.3. The third kappa shape index (κ3) is 5.63. The van der Waals surface area contributed by atoms with Crippen molar-refractivity contribution in [2.24, 2.45) is 37.2 Å². The lowest BCUT2D eigenvalue weighted by Gasteiger charge is -2.33. The molecule has 2 aliphatic rings. The Morgan fingerprint density at radius 3 is 1.85 bits per heavy atom. The molecule has 0 amide bonds. The average Bonchev–Trinajstić information content (AvgIpc) is 2.83. The summed E-state index contributed by atoms with van der Waals surface area (Å²) in [7, 11) is 0. The van der Waals surface area contributed by atoms with Gasteiger partial charge in [0.25, 0.3) is 5.84 Å². The van der Waals surface area contributed by atoms with Crippen molar-refractivity contribution in [3.63, 3.8) is 0 Å². The molecule has 0 saturated heterocycles. The van der Waals surface area contributed by atoms with Crippen molar-refractivity contribution in [2.45, 2.75) is 101 Å². The first-order valence-electron chi connectivity index (χ1n) is 10.2. The zero-order valence-corrected chi connectivity index (χ0v) is 20.0. The quantitative estimate of drug-likeness (QED) is 0.519. The summed E-state index contributed by atoms with van der Waals surface area (Å²) in [5, 5.41) is 4.87. The number of quaternary nitrogens is 1. The van der Waals surface area contributed by atoms with E-state index in [4.69, 9.17) is 15.1 Å². The lowest BCUT2D eigenvalue weighted by Crippen LogP contribution is -3.00. The second kappa shape index (κ2) is 7.94. The van der Waals surface area contributed by atoms with E-state index in [2.05, 4.69) is 69.2 Å². The van der Waals surface area contributed by atoms with Crippen molar-refractivity contribution in [3.05, 3.63) is 0 Å². The third-order valence-corrected chi connectivity index (χ3v) is 6.20. The third-order valence-electron chi connectivity index (χ3n) is 6.20. The molecule has 0 aromatic heterocycles. The molecule has 0 spiro atoms. The van der Waals surface area contributed by atoms with Crippen LogP contribution in [0.15, 0.2) is 15.1 Å². The van der Waals surface area contributed by atoms with Crippen LogP contribution >= 0.6 is 0 Å². The Hall–Kier alpha value is -0.740. The van der Waals surface area contributed by atoms with E-state index in [0.29, 0.717) is 5.41 Å². The monoisotopic (exact) mass is 396 g/mol. The number of nitrogens with zero attached hydrogens (tertiary/aromatic N) is 3. The van der Waals surface area contributed by atoms with Crippen molar-refractivity contribution >= 4 is 17.3 Å². The molecular weight excluding hydrogens is 356 g/mol. The van der Waals surface area contributed by atoms with Gasteiger partial charge in [0, 0.05) is 10.8 Å². The molecule has 1 atom stereocenters. The SMILES string of the molecule is CC(C)(C)C1=NC(C)(C(C)(C)C)N=C1[NH2+]N=C1CCC(C(C)(C)C)CC1.[Cl-]. The fraction of sp³-hybridized carbons (Fsp3) is 0.864. The number of amidine groups is 1. The van der Waals surface area contributed by atoms with Crippen LogP contribution in [0.3, 0.4) is 0 Å². The molecule has 0 aromatic carbocycles. The number of halogens is 1. The molecule has 2 rings (SSSR count). The van der Waals surface area contributed by atoms with E-state index in [-0.39, 0.29) is 23.2 Å². The second-order valence-electron chi connectivity index (χ2n) is 11.4. The maximum absolute atomic E-state index is 5.06. The van der Waals surface area contributed by atoms with E-state index >= 15 is 0 Å². The van der Waals surface area contributed by atoms with Gasteiger partial charge in [-0.15, -0.1) is 0 Å². The van der Waals surface area contributed by atoms with Crippen LogP contribution in [-0.4, -0.2) is 22.9 Å². The largest absolute Gasteiger partial charge is 1.00 e. The first-order valence-corrected chi connectivity index (χ1v) is 10.2. The molecule has 156 valence electrons. The Morgan fingerprint density at radius 2 is 1.44 bits per heavy atom. The zero-order chi connectivity index (χ0) is 20.0. The molecule has 0 aromatic rings. The fourth-order valence-corrected chi connectivity index (χ4v) is 3.66. The van der Waals surface area contributed by atoms with E-state index in [1.807, 2.05) is 5.43 Å². The van der Waals surface area contributed by atoms with Gasteiger partial charge >= 0.3 is 0 Å². The van der Waals surface area contributed by atoms with Gasteiger partial charge in [-0.25, -0.2) is 4.99 Å². The predicted octanol–water partition coefficient (Wildman–Crippen LogP) is 1.81. The van der Waals surface area contributed by atoms with Gasteiger partial charge in [-0.1, -0.05) is 67.4 Å². The highest BCUT2D eigenvalue weighted by molar-refractivity contribution is 6.40. The molecule has 1 aliphatic carbocycles. The molecule has 1 aliphatic heterocycles. The Morgan fingerprint density at radius 1 is 0.926 bits per heavy atom. The Kier molecular flexibility index (Phi) is 7.15. The smallest absolute Gasteiger partial charge is 0.270 e. The number of nitrogens with two attached hydrogens (primary N) is 1. The van der Waals surface area contributed by atoms with Gasteiger partial charge in [-0.05, 0) is 43.9 Å². The van der Waals surface area contributed by atoms with E-state index < -0.39 is 5.66 Å². The Bertz CT molecular complexity index is 616. The molecule has 1 unspecified atom stereocenters. The molecular formula is C22H41ClN4. The predicted molar refractivity (Wildman–Crippen MR) is 113 cm³/mol. The van der Waals surface area contributed by atoms with Crippen molar-refractivity contribution in [2.75, 3.05) is 0 Å². The number of rotatable bonds is 1. The average molecular weight is 397 g/mol. The molecule has 1 fully saturated rings. The minimum Gasteiger partial charge on any atom is -1.00 e. The summed E-state index contributed by atoms with van der Waals surface area (Å²) in [5.74, 6) is 1.78. The van der Waals surface area contributed by atoms with Crippen LogP contribution < -0.4 is 17.8 Å². The van der Waals surface area contributed by atoms with Crippen LogP contribution in [-0.2, 0) is 0 Å². The second-order valence-corrected chi connectivity index (χ2v) is 11.4. The maximum Gasteiger partial charge on any atom is 0.270 e. The van der Waals surface area contributed by atoms with Crippen LogP contribution in [0, 0.1) is 22.2 Å². The van der Waals surface area contributed by atoms with Crippen LogP contribution in [0.1, 0.15) is 94.9 Å². The molecule has 0 radical (unpaired) electrons. The summed E-state index contributed by atoms with van der Waals surface area (Å²) in [4.78, 5) is 10.1. The fourth-order valence-electron chi connectivity index (χ4n) is 3.66. The van der Waals surface area contributed by atoms with Crippen LogP contribution in [0.2, 0.25) is 0 Å². The van der Waals surface area contributed by atoms with Gasteiger partial charge in [0.05, 0.1) is 5.71 Å². The van der Waals surface area contributed by atoms with Gasteiger partial charge in [0.1, 0.15) is 5.71 Å². The minimum absolute atomic E-state index is 0. The number of hydrogen-bond acceptors (Lipinski definition) is 3. The van der Waals surface area contributed by atoms with E-state index in [1.165, 1.54) is 18.6 Å². The molecule has 1 heterocycles. The van der Waals surface area contributed by atoms with E-state index in [0.717, 1.165) is 30.3 Å². The van der Waals surface area contributed by atoms with Gasteiger partial charge in [-0.3, -0.25) is 4.99 Å². The minimum atomic E-state index is -0.411. The van der Waals surface area contributed by atoms with Crippen LogP contribution in [0.25, 0.3) is 0 Å². The molecule has 5 heteroatoms. The highest BCUT2D eigenvalue weighted by atomic mass is 35.5. The molecule has 4 nitrogen and oxygen atoms in total. The van der Waals surface area contributed by atoms with Gasteiger partial charge in [-0.2, -0.15) is 5.43 Å². The summed E-state index contributed by atoms with van der Waals surface area (Å²) in [6.45, 7) is 22.5.